The number of aromatic nitrogens is 1. The van der Waals surface area contributed by atoms with Crippen LogP contribution in [0.2, 0.25) is 5.02 Å². The molecule has 0 unspecified atom stereocenters. The summed E-state index contributed by atoms with van der Waals surface area (Å²) < 4.78 is 0. The second-order valence-electron chi connectivity index (χ2n) is 5.04. The van der Waals surface area contributed by atoms with Gasteiger partial charge in [-0.15, -0.1) is 35.3 Å². The van der Waals surface area contributed by atoms with Crippen molar-refractivity contribution in [3.8, 4) is 0 Å². The van der Waals surface area contributed by atoms with Crippen LogP contribution in [0.15, 0.2) is 35.5 Å². The molecule has 0 radical (unpaired) electrons. The Morgan fingerprint density at radius 1 is 1.25 bits per heavy atom. The number of aliphatic imine (C=N–C) groups is 1. The molecule has 0 amide bonds. The molecular weight excluding hydrogens is 455 g/mol. The third-order valence-electron chi connectivity index (χ3n) is 3.31. The summed E-state index contributed by atoms with van der Waals surface area (Å²) in [5.41, 5.74) is 1.14. The highest BCUT2D eigenvalue weighted by atomic mass is 127. The molecule has 0 saturated heterocycles. The van der Waals surface area contributed by atoms with Gasteiger partial charge < -0.3 is 10.6 Å². The zero-order chi connectivity index (χ0) is 16.5. The summed E-state index contributed by atoms with van der Waals surface area (Å²) >= 11 is 7.90. The molecule has 4 nitrogen and oxygen atoms in total. The van der Waals surface area contributed by atoms with E-state index in [1.54, 1.807) is 11.3 Å². The van der Waals surface area contributed by atoms with E-state index in [2.05, 4.69) is 40.5 Å². The average molecular weight is 479 g/mol. The Balaban J connectivity index is 0.00000288. The average Bonchev–Trinajstić information content (AvgIpc) is 3.02. The molecular formula is C17H24ClIN4S. The molecule has 0 aliphatic heterocycles. The maximum Gasteiger partial charge on any atom is 0.191 e. The molecule has 132 valence electrons. The number of nitrogens with one attached hydrogen (secondary N) is 2. The lowest BCUT2D eigenvalue weighted by Gasteiger charge is -2.11. The van der Waals surface area contributed by atoms with E-state index in [-0.39, 0.29) is 24.0 Å². The Bertz CT molecular complexity index is 645. The molecule has 2 aromatic rings. The van der Waals surface area contributed by atoms with Gasteiger partial charge >= 0.3 is 0 Å². The Labute approximate surface area is 170 Å². The molecule has 0 spiro atoms. The summed E-state index contributed by atoms with van der Waals surface area (Å²) in [5.74, 6) is 0.813. The van der Waals surface area contributed by atoms with Gasteiger partial charge in [-0.1, -0.05) is 36.7 Å². The van der Waals surface area contributed by atoms with Crippen LogP contribution in [0.25, 0.3) is 0 Å². The normalized spacial score (nSPS) is 11.0. The Morgan fingerprint density at radius 2 is 2.04 bits per heavy atom. The first kappa shape index (κ1) is 21.2. The Hall–Kier alpha value is -0.860. The van der Waals surface area contributed by atoms with Gasteiger partial charge in [0.1, 0.15) is 5.01 Å². The fourth-order valence-electron chi connectivity index (χ4n) is 2.09. The van der Waals surface area contributed by atoms with Gasteiger partial charge in [0.15, 0.2) is 5.96 Å². The number of rotatable bonds is 7. The molecule has 1 aromatic heterocycles. The van der Waals surface area contributed by atoms with Gasteiger partial charge in [-0.25, -0.2) is 9.98 Å². The monoisotopic (exact) mass is 478 g/mol. The molecule has 7 heteroatoms. The second kappa shape index (κ2) is 11.7. The van der Waals surface area contributed by atoms with Crippen LogP contribution in [0, 0.1) is 0 Å². The van der Waals surface area contributed by atoms with Crippen molar-refractivity contribution in [1.29, 1.82) is 0 Å². The van der Waals surface area contributed by atoms with Crippen LogP contribution in [-0.4, -0.2) is 24.0 Å². The number of hydrogen-bond donors (Lipinski definition) is 2. The predicted octanol–water partition coefficient (Wildman–Crippen LogP) is 4.27. The lowest BCUT2D eigenvalue weighted by Crippen LogP contribution is -2.38. The van der Waals surface area contributed by atoms with Crippen molar-refractivity contribution in [2.45, 2.75) is 33.2 Å². The molecule has 0 bridgehead atoms. The Kier molecular flexibility index (Phi) is 10.3. The SMILES string of the molecule is CCNC(=NCc1ncc(CC)s1)NCCc1ccccc1Cl.I. The number of nitrogens with zero attached hydrogens (tertiary/aromatic N) is 2. The van der Waals surface area contributed by atoms with Crippen molar-refractivity contribution >= 4 is 52.9 Å². The maximum atomic E-state index is 6.18. The highest BCUT2D eigenvalue weighted by Gasteiger charge is 2.03. The summed E-state index contributed by atoms with van der Waals surface area (Å²) in [6.45, 7) is 6.42. The number of aryl methyl sites for hydroxylation is 1. The number of benzene rings is 1. The topological polar surface area (TPSA) is 49.3 Å². The number of guanidine groups is 1. The van der Waals surface area contributed by atoms with E-state index in [1.807, 2.05) is 24.4 Å². The van der Waals surface area contributed by atoms with E-state index >= 15 is 0 Å². The summed E-state index contributed by atoms with van der Waals surface area (Å²) in [4.78, 5) is 10.3. The van der Waals surface area contributed by atoms with Crippen LogP contribution in [0.4, 0.5) is 0 Å². The van der Waals surface area contributed by atoms with Crippen LogP contribution in [0.1, 0.15) is 29.3 Å². The maximum absolute atomic E-state index is 6.18. The molecule has 2 N–H and O–H groups in total. The minimum Gasteiger partial charge on any atom is -0.357 e. The standard InChI is InChI=1S/C17H23ClN4S.HI/c1-3-14-11-21-16(23-14)12-22-17(19-4-2)20-10-9-13-7-5-6-8-15(13)18;/h5-8,11H,3-4,9-10,12H2,1-2H3,(H2,19,20,22);1H. The quantitative estimate of drug-likeness (QED) is 0.355. The van der Waals surface area contributed by atoms with E-state index in [0.29, 0.717) is 6.54 Å². The number of thiazole rings is 1. The first-order chi connectivity index (χ1) is 11.2. The van der Waals surface area contributed by atoms with Crippen molar-refractivity contribution in [2.24, 2.45) is 4.99 Å². The van der Waals surface area contributed by atoms with E-state index in [4.69, 9.17) is 11.6 Å². The molecule has 0 aliphatic carbocycles. The number of hydrogen-bond acceptors (Lipinski definition) is 3. The van der Waals surface area contributed by atoms with Gasteiger partial charge in [-0.3, -0.25) is 0 Å². The third-order valence-corrected chi connectivity index (χ3v) is 4.81. The van der Waals surface area contributed by atoms with Crippen LogP contribution in [0.3, 0.4) is 0 Å². The van der Waals surface area contributed by atoms with Gasteiger partial charge in [0.05, 0.1) is 6.54 Å². The molecule has 0 aliphatic rings. The minimum absolute atomic E-state index is 0. The number of halogens is 2. The van der Waals surface area contributed by atoms with E-state index in [9.17, 15) is 0 Å². The predicted molar refractivity (Wildman–Crippen MR) is 115 cm³/mol. The fourth-order valence-corrected chi connectivity index (χ4v) is 3.11. The fraction of sp³-hybridized carbons (Fsp3) is 0.412. The smallest absolute Gasteiger partial charge is 0.191 e. The summed E-state index contributed by atoms with van der Waals surface area (Å²) in [6.07, 6.45) is 3.83. The molecule has 0 saturated carbocycles. The zero-order valence-electron chi connectivity index (χ0n) is 14.0. The zero-order valence-corrected chi connectivity index (χ0v) is 17.9. The first-order valence-electron chi connectivity index (χ1n) is 7.92. The van der Waals surface area contributed by atoms with Crippen LogP contribution >= 0.6 is 46.9 Å². The van der Waals surface area contributed by atoms with Gasteiger partial charge in [0, 0.05) is 29.2 Å². The summed E-state index contributed by atoms with van der Waals surface area (Å²) in [6, 6.07) is 7.93. The molecule has 24 heavy (non-hydrogen) atoms. The van der Waals surface area contributed by atoms with Crippen molar-refractivity contribution in [1.82, 2.24) is 15.6 Å². The van der Waals surface area contributed by atoms with Crippen LogP contribution < -0.4 is 10.6 Å². The second-order valence-corrected chi connectivity index (χ2v) is 6.64. The molecule has 2 rings (SSSR count). The summed E-state index contributed by atoms with van der Waals surface area (Å²) in [7, 11) is 0. The lowest BCUT2D eigenvalue weighted by molar-refractivity contribution is 0.799. The van der Waals surface area contributed by atoms with E-state index in [0.717, 1.165) is 47.5 Å². The van der Waals surface area contributed by atoms with Gasteiger partial charge in [0.2, 0.25) is 0 Å². The van der Waals surface area contributed by atoms with Crippen molar-refractivity contribution in [2.75, 3.05) is 13.1 Å². The largest absolute Gasteiger partial charge is 0.357 e. The molecule has 0 fully saturated rings. The van der Waals surface area contributed by atoms with Gasteiger partial charge in [0.25, 0.3) is 0 Å². The first-order valence-corrected chi connectivity index (χ1v) is 9.11. The van der Waals surface area contributed by atoms with E-state index < -0.39 is 0 Å². The van der Waals surface area contributed by atoms with Crippen molar-refractivity contribution < 1.29 is 0 Å². The molecule has 1 aromatic carbocycles. The Morgan fingerprint density at radius 3 is 2.71 bits per heavy atom. The minimum atomic E-state index is 0. The van der Waals surface area contributed by atoms with Gasteiger partial charge in [-0.05, 0) is 31.4 Å². The van der Waals surface area contributed by atoms with Gasteiger partial charge in [-0.2, -0.15) is 0 Å². The van der Waals surface area contributed by atoms with Crippen LogP contribution in [-0.2, 0) is 19.4 Å². The lowest BCUT2D eigenvalue weighted by atomic mass is 10.1. The highest BCUT2D eigenvalue weighted by molar-refractivity contribution is 14.0. The van der Waals surface area contributed by atoms with Crippen molar-refractivity contribution in [3.63, 3.8) is 0 Å². The highest BCUT2D eigenvalue weighted by Crippen LogP contribution is 2.15. The van der Waals surface area contributed by atoms with E-state index in [1.165, 1.54) is 4.88 Å². The molecule has 0 atom stereocenters. The van der Waals surface area contributed by atoms with Crippen LogP contribution in [0.5, 0.6) is 0 Å². The third kappa shape index (κ3) is 6.94. The summed E-state index contributed by atoms with van der Waals surface area (Å²) in [5, 5.41) is 8.46. The molecule has 1 heterocycles. The van der Waals surface area contributed by atoms with Crippen molar-refractivity contribution in [3.05, 3.63) is 50.9 Å².